The number of carbonyl (C=O) groups is 2. The molecule has 1 saturated heterocycles. The van der Waals surface area contributed by atoms with E-state index in [0.29, 0.717) is 44.1 Å². The highest BCUT2D eigenvalue weighted by Crippen LogP contribution is 2.40. The third kappa shape index (κ3) is 8.03. The summed E-state index contributed by atoms with van der Waals surface area (Å²) in [5, 5.41) is 16.3. The minimum absolute atomic E-state index is 0.136. The molecule has 0 saturated carbocycles. The molecule has 3 unspecified atom stereocenters. The molecule has 4 aromatic rings. The van der Waals surface area contributed by atoms with Crippen molar-refractivity contribution >= 4 is 28.5 Å². The number of hydrogen-bond acceptors (Lipinski definition) is 7. The van der Waals surface area contributed by atoms with Gasteiger partial charge in [-0.1, -0.05) is 84.0 Å². The van der Waals surface area contributed by atoms with Crippen LogP contribution in [-0.4, -0.2) is 68.3 Å². The van der Waals surface area contributed by atoms with E-state index in [1.807, 2.05) is 97.1 Å². The molecule has 9 nitrogen and oxygen atoms in total. The number of likely N-dealkylation sites (tertiary alicyclic amines) is 1. The van der Waals surface area contributed by atoms with Crippen LogP contribution in [0.4, 0.5) is 4.79 Å². The van der Waals surface area contributed by atoms with Gasteiger partial charge in [0.1, 0.15) is 24.5 Å². The van der Waals surface area contributed by atoms with E-state index in [4.69, 9.17) is 19.0 Å². The number of nitrogens with zero attached hydrogens (tertiary/aromatic N) is 2. The predicted molar refractivity (Wildman–Crippen MR) is 176 cm³/mol. The van der Waals surface area contributed by atoms with Crippen LogP contribution in [0.25, 0.3) is 10.8 Å². The molecule has 4 aromatic carbocycles. The third-order valence-electron chi connectivity index (χ3n) is 8.46. The van der Waals surface area contributed by atoms with E-state index in [0.717, 1.165) is 34.1 Å². The van der Waals surface area contributed by atoms with Gasteiger partial charge in [-0.05, 0) is 52.4 Å². The van der Waals surface area contributed by atoms with Crippen molar-refractivity contribution < 1.29 is 33.7 Å². The van der Waals surface area contributed by atoms with Crippen molar-refractivity contribution in [2.75, 3.05) is 40.5 Å². The van der Waals surface area contributed by atoms with Gasteiger partial charge in [0, 0.05) is 31.0 Å². The van der Waals surface area contributed by atoms with Gasteiger partial charge in [-0.2, -0.15) is 0 Å². The van der Waals surface area contributed by atoms with Crippen LogP contribution in [0.15, 0.2) is 102 Å². The van der Waals surface area contributed by atoms with Crippen molar-refractivity contribution in [1.82, 2.24) is 4.90 Å². The maximum atomic E-state index is 13.6. The van der Waals surface area contributed by atoms with E-state index < -0.39 is 23.9 Å². The largest absolute Gasteiger partial charge is 0.494 e. The third-order valence-corrected chi connectivity index (χ3v) is 8.46. The van der Waals surface area contributed by atoms with Crippen molar-refractivity contribution in [3.63, 3.8) is 0 Å². The van der Waals surface area contributed by atoms with Gasteiger partial charge in [0.15, 0.2) is 0 Å². The second kappa shape index (κ2) is 15.9. The van der Waals surface area contributed by atoms with E-state index in [1.165, 1.54) is 19.1 Å². The minimum Gasteiger partial charge on any atom is -0.494 e. The molecule has 0 spiro atoms. The molecule has 240 valence electrons. The number of fused-ring (bicyclic) bond motifs is 1. The lowest BCUT2D eigenvalue weighted by molar-refractivity contribution is -0.145. The lowest BCUT2D eigenvalue weighted by atomic mass is 9.71. The summed E-state index contributed by atoms with van der Waals surface area (Å²) in [4.78, 5) is 32.4. The second-order valence-corrected chi connectivity index (χ2v) is 11.3. The molecule has 1 heterocycles. The molecule has 1 fully saturated rings. The first-order chi connectivity index (χ1) is 22.5. The van der Waals surface area contributed by atoms with E-state index in [2.05, 4.69) is 5.16 Å². The van der Waals surface area contributed by atoms with Gasteiger partial charge in [-0.3, -0.25) is 4.79 Å². The molecule has 1 aliphatic rings. The Labute approximate surface area is 269 Å². The van der Waals surface area contributed by atoms with Gasteiger partial charge in [-0.15, -0.1) is 0 Å². The number of oxime groups is 1. The number of ether oxygens (including phenoxy) is 3. The number of carboxylic acid groups (broad SMARTS) is 1. The number of carbonyl (C=O) groups excluding carboxylic acids is 1. The van der Waals surface area contributed by atoms with Crippen molar-refractivity contribution in [3.8, 4) is 5.75 Å². The van der Waals surface area contributed by atoms with Gasteiger partial charge in [-0.25, -0.2) is 4.79 Å². The van der Waals surface area contributed by atoms with Crippen LogP contribution in [0.1, 0.15) is 35.4 Å². The van der Waals surface area contributed by atoms with Crippen LogP contribution in [0.5, 0.6) is 5.75 Å². The maximum absolute atomic E-state index is 13.6. The van der Waals surface area contributed by atoms with E-state index in [-0.39, 0.29) is 12.5 Å². The van der Waals surface area contributed by atoms with Gasteiger partial charge < -0.3 is 29.1 Å². The van der Waals surface area contributed by atoms with E-state index in [1.54, 1.807) is 0 Å². The van der Waals surface area contributed by atoms with Crippen molar-refractivity contribution in [2.45, 2.75) is 25.4 Å². The Hall–Kier alpha value is -4.89. The molecular weight excluding hydrogens is 584 g/mol. The first-order valence-electron chi connectivity index (χ1n) is 15.5. The fourth-order valence-electron chi connectivity index (χ4n) is 6.19. The number of hydrogen-bond donors (Lipinski definition) is 1. The summed E-state index contributed by atoms with van der Waals surface area (Å²) in [7, 11) is 2.78. The summed E-state index contributed by atoms with van der Waals surface area (Å²) < 4.78 is 17.0. The standard InChI is InChI=1S/C37H40N2O7/c1-43-36(40)34(35(38-44-2)30-14-13-27-11-6-7-12-29(27)23-30)33-24-39(37(41)42)20-19-32(33)28-15-17-31(18-16-28)46-22-8-21-45-25-26-9-4-3-5-10-26/h3-7,9-18,23,32-34H,8,19-22,24-25H2,1-2H3,(H,41,42). The Morgan fingerprint density at radius 3 is 2.37 bits per heavy atom. The van der Waals surface area contributed by atoms with Crippen LogP contribution < -0.4 is 4.74 Å². The number of benzene rings is 4. The molecule has 5 rings (SSSR count). The molecule has 1 N–H and O–H groups in total. The number of piperidine rings is 1. The molecule has 9 heteroatoms. The SMILES string of the molecule is CON=C(c1ccc2ccccc2c1)C(C(=O)OC)C1CN(C(=O)O)CCC1c1ccc(OCCCOCc2ccccc2)cc1. The highest BCUT2D eigenvalue weighted by Gasteiger charge is 2.44. The fourth-order valence-corrected chi connectivity index (χ4v) is 6.19. The molecule has 1 aliphatic heterocycles. The molecule has 3 atom stereocenters. The summed E-state index contributed by atoms with van der Waals surface area (Å²) in [5.41, 5.74) is 3.23. The lowest BCUT2D eigenvalue weighted by Crippen LogP contribution is -2.48. The summed E-state index contributed by atoms with van der Waals surface area (Å²) in [6, 6.07) is 31.6. The van der Waals surface area contributed by atoms with Gasteiger partial charge in [0.2, 0.25) is 0 Å². The first kappa shape index (κ1) is 32.5. The van der Waals surface area contributed by atoms with Gasteiger partial charge >= 0.3 is 12.1 Å². The van der Waals surface area contributed by atoms with E-state index >= 15 is 0 Å². The quantitative estimate of drug-likeness (QED) is 0.0759. The molecule has 0 aromatic heterocycles. The van der Waals surface area contributed by atoms with Gasteiger partial charge in [0.05, 0.1) is 26.9 Å². The van der Waals surface area contributed by atoms with Crippen LogP contribution in [0, 0.1) is 11.8 Å². The number of amides is 1. The normalized spacial score (nSPS) is 17.3. The number of methoxy groups -OCH3 is 1. The molecule has 0 bridgehead atoms. The zero-order valence-corrected chi connectivity index (χ0v) is 26.2. The topological polar surface area (TPSA) is 107 Å². The average Bonchev–Trinajstić information content (AvgIpc) is 3.10. The second-order valence-electron chi connectivity index (χ2n) is 11.3. The Bertz CT molecular complexity index is 1620. The van der Waals surface area contributed by atoms with Gasteiger partial charge in [0.25, 0.3) is 0 Å². The monoisotopic (exact) mass is 624 g/mol. The summed E-state index contributed by atoms with van der Waals surface area (Å²) in [5.74, 6) is -1.27. The fraction of sp³-hybridized carbons (Fsp3) is 0.324. The average molecular weight is 625 g/mol. The lowest BCUT2D eigenvalue weighted by Gasteiger charge is -2.40. The Morgan fingerprint density at radius 1 is 0.913 bits per heavy atom. The first-order valence-corrected chi connectivity index (χ1v) is 15.5. The Balaban J connectivity index is 1.34. The van der Waals surface area contributed by atoms with Crippen LogP contribution >= 0.6 is 0 Å². The minimum atomic E-state index is -1.03. The van der Waals surface area contributed by atoms with Crippen molar-refractivity contribution in [1.29, 1.82) is 0 Å². The molecular formula is C37H40N2O7. The highest BCUT2D eigenvalue weighted by molar-refractivity contribution is 6.13. The molecule has 1 amide bonds. The summed E-state index contributed by atoms with van der Waals surface area (Å²) >= 11 is 0. The van der Waals surface area contributed by atoms with Crippen LogP contribution in [0.2, 0.25) is 0 Å². The van der Waals surface area contributed by atoms with Crippen molar-refractivity contribution in [3.05, 3.63) is 114 Å². The molecule has 46 heavy (non-hydrogen) atoms. The summed E-state index contributed by atoms with van der Waals surface area (Å²) in [6.07, 6.45) is 0.252. The maximum Gasteiger partial charge on any atom is 0.407 e. The molecule has 0 radical (unpaired) electrons. The predicted octanol–water partition coefficient (Wildman–Crippen LogP) is 6.75. The van der Waals surface area contributed by atoms with Crippen LogP contribution in [-0.2, 0) is 25.7 Å². The smallest absolute Gasteiger partial charge is 0.407 e. The van der Waals surface area contributed by atoms with Crippen molar-refractivity contribution in [2.24, 2.45) is 17.0 Å². The summed E-state index contributed by atoms with van der Waals surface area (Å²) in [6.45, 7) is 2.16. The molecule has 0 aliphatic carbocycles. The van der Waals surface area contributed by atoms with E-state index in [9.17, 15) is 14.7 Å². The zero-order chi connectivity index (χ0) is 32.3. The van der Waals surface area contributed by atoms with Crippen LogP contribution in [0.3, 0.4) is 0 Å². The number of esters is 1. The zero-order valence-electron chi connectivity index (χ0n) is 26.2. The Morgan fingerprint density at radius 2 is 1.65 bits per heavy atom. The Kier molecular flexibility index (Phi) is 11.2. The highest BCUT2D eigenvalue weighted by atomic mass is 16.6. The number of rotatable bonds is 13.